The van der Waals surface area contributed by atoms with Crippen LogP contribution in [0.3, 0.4) is 0 Å². The molecule has 3 rings (SSSR count). The number of hydrogen-bond acceptors (Lipinski definition) is 5. The van der Waals surface area contributed by atoms with Gasteiger partial charge in [0.1, 0.15) is 0 Å². The van der Waals surface area contributed by atoms with Crippen LogP contribution >= 0.6 is 0 Å². The van der Waals surface area contributed by atoms with E-state index >= 15 is 0 Å². The monoisotopic (exact) mass is 427 g/mol. The summed E-state index contributed by atoms with van der Waals surface area (Å²) in [7, 11) is 3.00. The van der Waals surface area contributed by atoms with Gasteiger partial charge in [0, 0.05) is 24.4 Å². The number of amides is 1. The summed E-state index contributed by atoms with van der Waals surface area (Å²) in [5, 5.41) is 10.5. The molecule has 0 aromatic heterocycles. The first kappa shape index (κ1) is 22.9. The van der Waals surface area contributed by atoms with Gasteiger partial charge < -0.3 is 24.2 Å². The topological polar surface area (TPSA) is 68.2 Å². The van der Waals surface area contributed by atoms with Crippen molar-refractivity contribution in [3.05, 3.63) is 59.7 Å². The van der Waals surface area contributed by atoms with E-state index in [0.29, 0.717) is 31.2 Å². The second-order valence-corrected chi connectivity index (χ2v) is 8.43. The average Bonchev–Trinajstić information content (AvgIpc) is 3.15. The minimum absolute atomic E-state index is 0.0517. The fraction of sp³-hybridized carbons (Fsp3) is 0.480. The number of rotatable bonds is 8. The van der Waals surface area contributed by atoms with E-state index < -0.39 is 11.5 Å². The first-order valence-electron chi connectivity index (χ1n) is 10.7. The summed E-state index contributed by atoms with van der Waals surface area (Å²) in [5.74, 6) is 1.30. The smallest absolute Gasteiger partial charge is 0.409 e. The highest BCUT2D eigenvalue weighted by Crippen LogP contribution is 2.47. The van der Waals surface area contributed by atoms with E-state index in [1.54, 1.807) is 18.9 Å². The summed E-state index contributed by atoms with van der Waals surface area (Å²) >= 11 is 0. The molecule has 31 heavy (non-hydrogen) atoms. The molecule has 6 heteroatoms. The Morgan fingerprint density at radius 2 is 1.94 bits per heavy atom. The molecule has 3 atom stereocenters. The summed E-state index contributed by atoms with van der Waals surface area (Å²) in [6.45, 7) is 5.27. The van der Waals surface area contributed by atoms with E-state index in [1.807, 2.05) is 43.3 Å². The van der Waals surface area contributed by atoms with Gasteiger partial charge in [0.2, 0.25) is 0 Å². The van der Waals surface area contributed by atoms with Gasteiger partial charge in [-0.3, -0.25) is 0 Å². The quantitative estimate of drug-likeness (QED) is 0.638. The first-order chi connectivity index (χ1) is 14.9. The summed E-state index contributed by atoms with van der Waals surface area (Å²) in [6.07, 6.45) is 0.868. The zero-order valence-corrected chi connectivity index (χ0v) is 18.8. The minimum Gasteiger partial charge on any atom is -0.493 e. The first-order valence-corrected chi connectivity index (χ1v) is 10.7. The van der Waals surface area contributed by atoms with Gasteiger partial charge in [-0.2, -0.15) is 0 Å². The van der Waals surface area contributed by atoms with Crippen LogP contribution in [0.5, 0.6) is 11.5 Å². The van der Waals surface area contributed by atoms with Crippen molar-refractivity contribution in [1.82, 2.24) is 4.90 Å². The predicted octanol–water partition coefficient (Wildman–Crippen LogP) is 4.26. The Hall–Kier alpha value is -2.73. The number of methoxy groups -OCH3 is 2. The summed E-state index contributed by atoms with van der Waals surface area (Å²) < 4.78 is 16.5. The summed E-state index contributed by atoms with van der Waals surface area (Å²) in [4.78, 5) is 13.8. The second kappa shape index (κ2) is 10.1. The Balaban J connectivity index is 1.75. The Kier molecular flexibility index (Phi) is 7.44. The molecule has 0 aliphatic carbocycles. The van der Waals surface area contributed by atoms with Gasteiger partial charge in [-0.1, -0.05) is 43.3 Å². The van der Waals surface area contributed by atoms with Gasteiger partial charge in [-0.05, 0) is 43.0 Å². The summed E-state index contributed by atoms with van der Waals surface area (Å²) in [6, 6.07) is 16.2. The Morgan fingerprint density at radius 3 is 2.58 bits per heavy atom. The third-order valence-corrected chi connectivity index (χ3v) is 6.42. The number of nitrogens with zero attached hydrogens (tertiary/aromatic N) is 1. The maximum atomic E-state index is 12.1. The predicted molar refractivity (Wildman–Crippen MR) is 120 cm³/mol. The number of hydrogen-bond donors (Lipinski definition) is 1. The van der Waals surface area contributed by atoms with E-state index in [1.165, 1.54) is 12.7 Å². The number of aliphatic hydroxyl groups excluding tert-OH is 1. The molecule has 1 aliphatic rings. The van der Waals surface area contributed by atoms with Crippen LogP contribution in [0.4, 0.5) is 4.79 Å². The maximum Gasteiger partial charge on any atom is 0.409 e. The van der Waals surface area contributed by atoms with E-state index in [0.717, 1.165) is 18.4 Å². The highest BCUT2D eigenvalue weighted by atomic mass is 16.5. The zero-order valence-electron chi connectivity index (χ0n) is 18.8. The Bertz CT molecular complexity index is 869. The number of aryl methyl sites for hydroxylation is 1. The van der Waals surface area contributed by atoms with Crippen LogP contribution < -0.4 is 9.47 Å². The largest absolute Gasteiger partial charge is 0.493 e. The van der Waals surface area contributed by atoms with Crippen LogP contribution in [0.15, 0.2) is 48.5 Å². The van der Waals surface area contributed by atoms with Crippen molar-refractivity contribution < 1.29 is 24.1 Å². The molecule has 1 aliphatic heterocycles. The van der Waals surface area contributed by atoms with E-state index in [2.05, 4.69) is 12.1 Å². The molecule has 0 radical (unpaired) electrons. The molecule has 2 aromatic carbocycles. The van der Waals surface area contributed by atoms with E-state index in [-0.39, 0.29) is 12.0 Å². The van der Waals surface area contributed by atoms with Crippen molar-refractivity contribution in [2.24, 2.45) is 5.41 Å². The molecule has 1 saturated heterocycles. The van der Waals surface area contributed by atoms with Crippen molar-refractivity contribution in [2.45, 2.75) is 38.7 Å². The number of aliphatic hydroxyl groups is 1. The average molecular weight is 428 g/mol. The molecule has 168 valence electrons. The van der Waals surface area contributed by atoms with Crippen LogP contribution in [0.25, 0.3) is 0 Å². The standard InChI is InChI=1S/C25H33NO5/c1-18(27)25(2)17-26(24(28)30-4)16-21(25)20-12-13-22(29-3)23(15-20)31-14-8-11-19-9-6-5-7-10-19/h5-7,9-10,12-13,15,18,21,27H,8,11,14,16-17H2,1-4H3/t18-,21+,25+/m0/s1. The Morgan fingerprint density at radius 1 is 1.19 bits per heavy atom. The van der Waals surface area contributed by atoms with Crippen LogP contribution in [0.1, 0.15) is 37.3 Å². The highest BCUT2D eigenvalue weighted by molar-refractivity contribution is 5.68. The highest BCUT2D eigenvalue weighted by Gasteiger charge is 2.48. The molecule has 1 heterocycles. The van der Waals surface area contributed by atoms with Crippen molar-refractivity contribution >= 4 is 6.09 Å². The normalized spacial score (nSPS) is 21.6. The molecular weight excluding hydrogens is 394 g/mol. The summed E-state index contributed by atoms with van der Waals surface area (Å²) in [5.41, 5.74) is 1.80. The third kappa shape index (κ3) is 5.13. The SMILES string of the molecule is COC(=O)N1C[C@H](c2ccc(OC)c(OCCCc3ccccc3)c2)[C@@](C)([C@H](C)O)C1. The number of carbonyl (C=O) groups excluding carboxylic acids is 1. The molecular formula is C25H33NO5. The number of benzene rings is 2. The lowest BCUT2D eigenvalue weighted by molar-refractivity contribution is 0.0470. The van der Waals surface area contributed by atoms with Gasteiger partial charge in [0.25, 0.3) is 0 Å². The van der Waals surface area contributed by atoms with Crippen LogP contribution in [-0.4, -0.2) is 56.1 Å². The van der Waals surface area contributed by atoms with Gasteiger partial charge >= 0.3 is 6.09 Å². The van der Waals surface area contributed by atoms with E-state index in [4.69, 9.17) is 14.2 Å². The van der Waals surface area contributed by atoms with Crippen LogP contribution in [0.2, 0.25) is 0 Å². The molecule has 0 bridgehead atoms. The molecule has 6 nitrogen and oxygen atoms in total. The van der Waals surface area contributed by atoms with Crippen LogP contribution in [0, 0.1) is 5.41 Å². The molecule has 1 fully saturated rings. The van der Waals surface area contributed by atoms with Gasteiger partial charge in [-0.25, -0.2) is 4.79 Å². The molecule has 1 amide bonds. The number of likely N-dealkylation sites (tertiary alicyclic amines) is 1. The molecule has 0 spiro atoms. The van der Waals surface area contributed by atoms with Gasteiger partial charge in [0.05, 0.1) is 26.9 Å². The number of carbonyl (C=O) groups is 1. The third-order valence-electron chi connectivity index (χ3n) is 6.42. The minimum atomic E-state index is -0.593. The van der Waals surface area contributed by atoms with Crippen LogP contribution in [-0.2, 0) is 11.2 Å². The zero-order chi connectivity index (χ0) is 22.4. The lowest BCUT2D eigenvalue weighted by Crippen LogP contribution is -2.38. The van der Waals surface area contributed by atoms with Gasteiger partial charge in [0.15, 0.2) is 11.5 Å². The van der Waals surface area contributed by atoms with Crippen molar-refractivity contribution in [1.29, 1.82) is 0 Å². The number of ether oxygens (including phenoxy) is 3. The fourth-order valence-corrected chi connectivity index (χ4v) is 4.32. The maximum absolute atomic E-state index is 12.1. The van der Waals surface area contributed by atoms with Crippen molar-refractivity contribution in [2.75, 3.05) is 33.9 Å². The van der Waals surface area contributed by atoms with Crippen molar-refractivity contribution in [3.63, 3.8) is 0 Å². The lowest BCUT2D eigenvalue weighted by Gasteiger charge is -2.33. The lowest BCUT2D eigenvalue weighted by atomic mass is 9.72. The second-order valence-electron chi connectivity index (χ2n) is 8.43. The van der Waals surface area contributed by atoms with E-state index in [9.17, 15) is 9.90 Å². The molecule has 0 unspecified atom stereocenters. The van der Waals surface area contributed by atoms with Gasteiger partial charge in [-0.15, -0.1) is 0 Å². The molecule has 2 aromatic rings. The fourth-order valence-electron chi connectivity index (χ4n) is 4.32. The Labute approximate surface area is 184 Å². The molecule has 0 saturated carbocycles. The molecule has 1 N–H and O–H groups in total. The van der Waals surface area contributed by atoms with Crippen molar-refractivity contribution in [3.8, 4) is 11.5 Å².